The van der Waals surface area contributed by atoms with E-state index in [2.05, 4.69) is 48.6 Å². The van der Waals surface area contributed by atoms with Crippen LogP contribution in [0.1, 0.15) is 18.5 Å². The molecule has 0 aliphatic carbocycles. The standard InChI is InChI=1S/C25H30FN5/c26-21-8-10-22(11-9-21)29-15-17-30(18-16-29)23-5-3-13-28(19-23)20-24-6-4-14-31(24)25-7-1-2-12-27-25/h1-2,4,6-12,14,23H,3,5,13,15-20H2. The summed E-state index contributed by atoms with van der Waals surface area (Å²) in [5, 5.41) is 0. The van der Waals surface area contributed by atoms with Crippen LogP contribution in [0.4, 0.5) is 10.1 Å². The first-order valence-electron chi connectivity index (χ1n) is 11.3. The summed E-state index contributed by atoms with van der Waals surface area (Å²) >= 11 is 0. The number of nitrogens with zero attached hydrogens (tertiary/aromatic N) is 5. The lowest BCUT2D eigenvalue weighted by Crippen LogP contribution is -2.55. The van der Waals surface area contributed by atoms with Crippen molar-refractivity contribution in [2.24, 2.45) is 0 Å². The molecule has 3 aromatic rings. The minimum Gasteiger partial charge on any atom is -0.369 e. The van der Waals surface area contributed by atoms with Gasteiger partial charge in [-0.05, 0) is 67.9 Å². The van der Waals surface area contributed by atoms with Gasteiger partial charge in [0.25, 0.3) is 0 Å². The topological polar surface area (TPSA) is 27.5 Å². The molecule has 2 saturated heterocycles. The van der Waals surface area contributed by atoms with Crippen LogP contribution in [-0.2, 0) is 6.54 Å². The van der Waals surface area contributed by atoms with Crippen LogP contribution in [-0.4, -0.2) is 64.7 Å². The SMILES string of the molecule is Fc1ccc(N2CCN(C3CCCN(Cc4cccn4-c4ccccn4)C3)CC2)cc1. The van der Waals surface area contributed by atoms with Crippen molar-refractivity contribution in [1.82, 2.24) is 19.4 Å². The van der Waals surface area contributed by atoms with Gasteiger partial charge in [0.2, 0.25) is 0 Å². The molecule has 5 nitrogen and oxygen atoms in total. The van der Waals surface area contributed by atoms with Crippen LogP contribution in [0, 0.1) is 5.82 Å². The maximum Gasteiger partial charge on any atom is 0.136 e. The second kappa shape index (κ2) is 9.20. The van der Waals surface area contributed by atoms with Crippen LogP contribution in [0.2, 0.25) is 0 Å². The largest absolute Gasteiger partial charge is 0.369 e. The fraction of sp³-hybridized carbons (Fsp3) is 0.400. The number of pyridine rings is 1. The van der Waals surface area contributed by atoms with Crippen molar-refractivity contribution in [3.63, 3.8) is 0 Å². The van der Waals surface area contributed by atoms with Crippen LogP contribution in [0.15, 0.2) is 67.0 Å². The zero-order valence-electron chi connectivity index (χ0n) is 17.9. The molecule has 1 atom stereocenters. The zero-order chi connectivity index (χ0) is 21.0. The predicted octanol–water partition coefficient (Wildman–Crippen LogP) is 3.80. The van der Waals surface area contributed by atoms with Gasteiger partial charge in [-0.25, -0.2) is 9.37 Å². The van der Waals surface area contributed by atoms with Gasteiger partial charge in [-0.1, -0.05) is 6.07 Å². The highest BCUT2D eigenvalue weighted by Crippen LogP contribution is 2.23. The highest BCUT2D eigenvalue weighted by Gasteiger charge is 2.28. The number of hydrogen-bond acceptors (Lipinski definition) is 4. The number of anilines is 1. The summed E-state index contributed by atoms with van der Waals surface area (Å²) in [5.74, 6) is 0.812. The molecule has 2 aliphatic heterocycles. The third-order valence-electron chi connectivity index (χ3n) is 6.62. The second-order valence-corrected chi connectivity index (χ2v) is 8.59. The number of piperidine rings is 1. The summed E-state index contributed by atoms with van der Waals surface area (Å²) < 4.78 is 15.4. The molecule has 0 spiro atoms. The van der Waals surface area contributed by atoms with E-state index in [1.807, 2.05) is 30.5 Å². The van der Waals surface area contributed by atoms with Gasteiger partial charge in [0.05, 0.1) is 0 Å². The lowest BCUT2D eigenvalue weighted by atomic mass is 10.0. The summed E-state index contributed by atoms with van der Waals surface area (Å²) in [4.78, 5) is 12.1. The molecule has 162 valence electrons. The molecule has 0 saturated carbocycles. The average molecular weight is 420 g/mol. The zero-order valence-corrected chi connectivity index (χ0v) is 17.9. The first-order valence-corrected chi connectivity index (χ1v) is 11.3. The Morgan fingerprint density at radius 1 is 0.903 bits per heavy atom. The maximum atomic E-state index is 13.2. The first-order chi connectivity index (χ1) is 15.3. The molecule has 0 amide bonds. The van der Waals surface area contributed by atoms with Crippen molar-refractivity contribution in [2.45, 2.75) is 25.4 Å². The fourth-order valence-electron chi connectivity index (χ4n) is 4.96. The molecular formula is C25H30FN5. The molecule has 2 aromatic heterocycles. The molecule has 4 heterocycles. The predicted molar refractivity (Wildman–Crippen MR) is 122 cm³/mol. The number of piperazine rings is 1. The molecule has 0 bridgehead atoms. The van der Waals surface area contributed by atoms with E-state index in [4.69, 9.17) is 0 Å². The number of aromatic nitrogens is 2. The van der Waals surface area contributed by atoms with Gasteiger partial charge in [0.15, 0.2) is 0 Å². The van der Waals surface area contributed by atoms with Crippen LogP contribution in [0.3, 0.4) is 0 Å². The van der Waals surface area contributed by atoms with E-state index in [0.717, 1.165) is 57.3 Å². The Morgan fingerprint density at radius 2 is 1.74 bits per heavy atom. The van der Waals surface area contributed by atoms with Gasteiger partial charge in [0, 0.05) is 69.1 Å². The average Bonchev–Trinajstić information content (AvgIpc) is 3.29. The summed E-state index contributed by atoms with van der Waals surface area (Å²) in [6, 6.07) is 17.9. The quantitative estimate of drug-likeness (QED) is 0.629. The Balaban J connectivity index is 1.18. The molecule has 2 fully saturated rings. The second-order valence-electron chi connectivity index (χ2n) is 8.59. The van der Waals surface area contributed by atoms with E-state index in [1.54, 1.807) is 12.1 Å². The summed E-state index contributed by atoms with van der Waals surface area (Å²) in [6.45, 7) is 7.37. The third-order valence-corrected chi connectivity index (χ3v) is 6.62. The molecule has 5 rings (SSSR count). The van der Waals surface area contributed by atoms with E-state index in [9.17, 15) is 4.39 Å². The molecule has 6 heteroatoms. The van der Waals surface area contributed by atoms with Crippen LogP contribution >= 0.6 is 0 Å². The fourth-order valence-corrected chi connectivity index (χ4v) is 4.96. The summed E-state index contributed by atoms with van der Waals surface area (Å²) in [5.41, 5.74) is 2.42. The Kier molecular flexibility index (Phi) is 6.00. The molecule has 1 unspecified atom stereocenters. The monoisotopic (exact) mass is 419 g/mol. The number of benzene rings is 1. The highest BCUT2D eigenvalue weighted by atomic mass is 19.1. The third kappa shape index (κ3) is 4.65. The van der Waals surface area contributed by atoms with Crippen LogP contribution in [0.25, 0.3) is 5.82 Å². The van der Waals surface area contributed by atoms with Gasteiger partial charge in [-0.2, -0.15) is 0 Å². The smallest absolute Gasteiger partial charge is 0.136 e. The van der Waals surface area contributed by atoms with Crippen molar-refractivity contribution in [3.05, 3.63) is 78.5 Å². The van der Waals surface area contributed by atoms with E-state index >= 15 is 0 Å². The number of halogens is 1. The van der Waals surface area contributed by atoms with Gasteiger partial charge >= 0.3 is 0 Å². The van der Waals surface area contributed by atoms with E-state index in [1.165, 1.54) is 18.5 Å². The van der Waals surface area contributed by atoms with E-state index < -0.39 is 0 Å². The van der Waals surface area contributed by atoms with Crippen molar-refractivity contribution >= 4 is 5.69 Å². The molecular weight excluding hydrogens is 389 g/mol. The van der Waals surface area contributed by atoms with Crippen molar-refractivity contribution < 1.29 is 4.39 Å². The summed E-state index contributed by atoms with van der Waals surface area (Å²) in [6.07, 6.45) is 6.47. The van der Waals surface area contributed by atoms with Gasteiger partial charge in [0.1, 0.15) is 11.6 Å². The lowest BCUT2D eigenvalue weighted by Gasteiger charge is -2.44. The minimum atomic E-state index is -0.168. The van der Waals surface area contributed by atoms with Gasteiger partial charge < -0.3 is 9.47 Å². The van der Waals surface area contributed by atoms with Gasteiger partial charge in [-0.15, -0.1) is 0 Å². The van der Waals surface area contributed by atoms with Crippen molar-refractivity contribution in [3.8, 4) is 5.82 Å². The Bertz CT molecular complexity index is 963. The van der Waals surface area contributed by atoms with Crippen LogP contribution in [0.5, 0.6) is 0 Å². The number of rotatable bonds is 5. The maximum absolute atomic E-state index is 13.2. The molecule has 1 aromatic carbocycles. The van der Waals surface area contributed by atoms with Crippen molar-refractivity contribution in [2.75, 3.05) is 44.2 Å². The normalized spacial score (nSPS) is 20.8. The van der Waals surface area contributed by atoms with Crippen LogP contribution < -0.4 is 4.90 Å². The molecule has 0 N–H and O–H groups in total. The highest BCUT2D eigenvalue weighted by molar-refractivity contribution is 5.46. The number of hydrogen-bond donors (Lipinski definition) is 0. The molecule has 31 heavy (non-hydrogen) atoms. The Hall–Kier alpha value is -2.70. The Morgan fingerprint density at radius 3 is 2.52 bits per heavy atom. The number of likely N-dealkylation sites (tertiary alicyclic amines) is 1. The molecule has 2 aliphatic rings. The van der Waals surface area contributed by atoms with E-state index in [-0.39, 0.29) is 5.82 Å². The molecule has 0 radical (unpaired) electrons. The Labute approximate surface area is 183 Å². The first kappa shape index (κ1) is 20.2. The summed E-state index contributed by atoms with van der Waals surface area (Å²) in [7, 11) is 0. The van der Waals surface area contributed by atoms with Crippen molar-refractivity contribution in [1.29, 1.82) is 0 Å². The lowest BCUT2D eigenvalue weighted by molar-refractivity contribution is 0.0878. The van der Waals surface area contributed by atoms with E-state index in [0.29, 0.717) is 6.04 Å². The minimum absolute atomic E-state index is 0.168. The van der Waals surface area contributed by atoms with Gasteiger partial charge in [-0.3, -0.25) is 9.80 Å².